The molecular formula is C25H27N3O2. The lowest BCUT2D eigenvalue weighted by Crippen LogP contribution is -2.25. The van der Waals surface area contributed by atoms with Crippen LogP contribution in [0.2, 0.25) is 0 Å². The molecule has 1 heterocycles. The SMILES string of the molecule is Cc1cc(NC(=O)c2ccccc2)ncc1-c1cccc(C(=O)NCCC(C)C)c1. The second-order valence-corrected chi connectivity index (χ2v) is 7.72. The Morgan fingerprint density at radius 2 is 1.67 bits per heavy atom. The molecule has 5 nitrogen and oxygen atoms in total. The van der Waals surface area contributed by atoms with Gasteiger partial charge in [0.1, 0.15) is 5.82 Å². The van der Waals surface area contributed by atoms with Crippen LogP contribution >= 0.6 is 0 Å². The van der Waals surface area contributed by atoms with E-state index < -0.39 is 0 Å². The highest BCUT2D eigenvalue weighted by Gasteiger charge is 2.11. The van der Waals surface area contributed by atoms with E-state index in [1.807, 2.05) is 55.5 Å². The predicted molar refractivity (Wildman–Crippen MR) is 121 cm³/mol. The van der Waals surface area contributed by atoms with Crippen molar-refractivity contribution in [2.75, 3.05) is 11.9 Å². The number of rotatable bonds is 7. The van der Waals surface area contributed by atoms with Gasteiger partial charge in [0.25, 0.3) is 11.8 Å². The lowest BCUT2D eigenvalue weighted by atomic mass is 10.0. The number of amides is 2. The molecule has 0 atom stereocenters. The number of anilines is 1. The Morgan fingerprint density at radius 3 is 2.37 bits per heavy atom. The average Bonchev–Trinajstić information content (AvgIpc) is 2.74. The highest BCUT2D eigenvalue weighted by molar-refractivity contribution is 6.03. The Hall–Kier alpha value is -3.47. The fourth-order valence-corrected chi connectivity index (χ4v) is 3.11. The maximum Gasteiger partial charge on any atom is 0.256 e. The van der Waals surface area contributed by atoms with Crippen LogP contribution in [-0.2, 0) is 0 Å². The Kier molecular flexibility index (Phi) is 6.96. The summed E-state index contributed by atoms with van der Waals surface area (Å²) in [6.07, 6.45) is 2.68. The predicted octanol–water partition coefficient (Wildman–Crippen LogP) is 5.09. The van der Waals surface area contributed by atoms with Crippen molar-refractivity contribution in [1.29, 1.82) is 0 Å². The van der Waals surface area contributed by atoms with Crippen LogP contribution in [0, 0.1) is 12.8 Å². The van der Waals surface area contributed by atoms with Gasteiger partial charge in [-0.15, -0.1) is 0 Å². The number of pyridine rings is 1. The number of aromatic nitrogens is 1. The van der Waals surface area contributed by atoms with E-state index in [0.29, 0.717) is 29.4 Å². The fourth-order valence-electron chi connectivity index (χ4n) is 3.11. The highest BCUT2D eigenvalue weighted by atomic mass is 16.2. The molecule has 0 bridgehead atoms. The molecule has 3 rings (SSSR count). The maximum atomic E-state index is 12.4. The molecule has 1 aromatic heterocycles. The molecule has 0 saturated heterocycles. The Morgan fingerprint density at radius 1 is 0.933 bits per heavy atom. The third kappa shape index (κ3) is 5.54. The van der Waals surface area contributed by atoms with Crippen LogP contribution in [0.4, 0.5) is 5.82 Å². The monoisotopic (exact) mass is 401 g/mol. The molecule has 154 valence electrons. The molecular weight excluding hydrogens is 374 g/mol. The first-order valence-electron chi connectivity index (χ1n) is 10.2. The van der Waals surface area contributed by atoms with E-state index in [2.05, 4.69) is 29.5 Å². The van der Waals surface area contributed by atoms with E-state index in [-0.39, 0.29) is 11.8 Å². The summed E-state index contributed by atoms with van der Waals surface area (Å²) < 4.78 is 0. The molecule has 0 radical (unpaired) electrons. The summed E-state index contributed by atoms with van der Waals surface area (Å²) in [7, 11) is 0. The molecule has 3 aromatic rings. The summed E-state index contributed by atoms with van der Waals surface area (Å²) in [5.74, 6) is 0.768. The molecule has 0 aliphatic rings. The zero-order chi connectivity index (χ0) is 21.5. The molecule has 2 N–H and O–H groups in total. The van der Waals surface area contributed by atoms with Crippen LogP contribution < -0.4 is 10.6 Å². The Balaban J connectivity index is 1.73. The van der Waals surface area contributed by atoms with Crippen molar-refractivity contribution in [3.8, 4) is 11.1 Å². The van der Waals surface area contributed by atoms with Crippen LogP contribution in [0.25, 0.3) is 11.1 Å². The summed E-state index contributed by atoms with van der Waals surface area (Å²) in [6, 6.07) is 18.4. The van der Waals surface area contributed by atoms with Crippen LogP contribution in [-0.4, -0.2) is 23.3 Å². The number of benzene rings is 2. The molecule has 0 spiro atoms. The van der Waals surface area contributed by atoms with Gasteiger partial charge in [0.15, 0.2) is 0 Å². The quantitative estimate of drug-likeness (QED) is 0.580. The van der Waals surface area contributed by atoms with Crippen molar-refractivity contribution in [2.24, 2.45) is 5.92 Å². The molecule has 5 heteroatoms. The minimum Gasteiger partial charge on any atom is -0.352 e. The summed E-state index contributed by atoms with van der Waals surface area (Å²) in [4.78, 5) is 29.2. The fraction of sp³-hybridized carbons (Fsp3) is 0.240. The standard InChI is InChI=1S/C25H27N3O2/c1-17(2)12-13-26-24(29)21-11-7-10-20(15-21)22-16-27-23(14-18(22)3)28-25(30)19-8-5-4-6-9-19/h4-11,14-17H,12-13H2,1-3H3,(H,26,29)(H,27,28,30). The number of carbonyl (C=O) groups is 2. The van der Waals surface area contributed by atoms with E-state index in [1.165, 1.54) is 0 Å². The molecule has 0 saturated carbocycles. The lowest BCUT2D eigenvalue weighted by molar-refractivity contribution is 0.0951. The number of nitrogens with zero attached hydrogens (tertiary/aromatic N) is 1. The molecule has 30 heavy (non-hydrogen) atoms. The second-order valence-electron chi connectivity index (χ2n) is 7.72. The minimum atomic E-state index is -0.199. The topological polar surface area (TPSA) is 71.1 Å². The normalized spacial score (nSPS) is 10.7. The van der Waals surface area contributed by atoms with Gasteiger partial charge in [-0.3, -0.25) is 9.59 Å². The average molecular weight is 402 g/mol. The third-order valence-electron chi connectivity index (χ3n) is 4.83. The van der Waals surface area contributed by atoms with E-state index in [9.17, 15) is 9.59 Å². The largest absolute Gasteiger partial charge is 0.352 e. The first kappa shape index (κ1) is 21.2. The zero-order valence-corrected chi connectivity index (χ0v) is 17.6. The zero-order valence-electron chi connectivity index (χ0n) is 17.6. The van der Waals surface area contributed by atoms with Gasteiger partial charge in [0.2, 0.25) is 0 Å². The van der Waals surface area contributed by atoms with Crippen LogP contribution in [0.3, 0.4) is 0 Å². The van der Waals surface area contributed by atoms with Gasteiger partial charge in [-0.1, -0.05) is 44.2 Å². The van der Waals surface area contributed by atoms with E-state index >= 15 is 0 Å². The van der Waals surface area contributed by atoms with Crippen molar-refractivity contribution in [1.82, 2.24) is 10.3 Å². The van der Waals surface area contributed by atoms with Crippen LogP contribution in [0.1, 0.15) is 46.5 Å². The molecule has 2 amide bonds. The van der Waals surface area contributed by atoms with E-state index in [0.717, 1.165) is 23.1 Å². The number of hydrogen-bond acceptors (Lipinski definition) is 3. The van der Waals surface area contributed by atoms with Gasteiger partial charge in [0, 0.05) is 29.4 Å². The molecule has 0 unspecified atom stereocenters. The highest BCUT2D eigenvalue weighted by Crippen LogP contribution is 2.25. The van der Waals surface area contributed by atoms with E-state index in [1.54, 1.807) is 18.3 Å². The number of carbonyl (C=O) groups excluding carboxylic acids is 2. The minimum absolute atomic E-state index is 0.0742. The Bertz CT molecular complexity index is 1030. The van der Waals surface area contributed by atoms with E-state index in [4.69, 9.17) is 0 Å². The summed E-state index contributed by atoms with van der Waals surface area (Å²) >= 11 is 0. The van der Waals surface area contributed by atoms with Gasteiger partial charge in [-0.05, 0) is 60.7 Å². The number of aryl methyl sites for hydroxylation is 1. The van der Waals surface area contributed by atoms with Gasteiger partial charge >= 0.3 is 0 Å². The van der Waals surface area contributed by atoms with Gasteiger partial charge < -0.3 is 10.6 Å². The smallest absolute Gasteiger partial charge is 0.256 e. The van der Waals surface area contributed by atoms with Crippen LogP contribution in [0.5, 0.6) is 0 Å². The molecule has 0 fully saturated rings. The molecule has 0 aliphatic heterocycles. The summed E-state index contributed by atoms with van der Waals surface area (Å²) in [5, 5.41) is 5.79. The first-order valence-corrected chi connectivity index (χ1v) is 10.2. The summed E-state index contributed by atoms with van der Waals surface area (Å²) in [5.41, 5.74) is 4.00. The lowest BCUT2D eigenvalue weighted by Gasteiger charge is -2.11. The molecule has 0 aliphatic carbocycles. The van der Waals surface area contributed by atoms with Crippen LogP contribution in [0.15, 0.2) is 66.9 Å². The Labute approximate surface area is 177 Å². The number of hydrogen-bond donors (Lipinski definition) is 2. The number of nitrogens with one attached hydrogen (secondary N) is 2. The summed E-state index contributed by atoms with van der Waals surface area (Å²) in [6.45, 7) is 6.89. The van der Waals surface area contributed by atoms with Gasteiger partial charge in [0.05, 0.1) is 0 Å². The second kappa shape index (κ2) is 9.83. The van der Waals surface area contributed by atoms with Gasteiger partial charge in [-0.2, -0.15) is 0 Å². The third-order valence-corrected chi connectivity index (χ3v) is 4.83. The van der Waals surface area contributed by atoms with Crippen molar-refractivity contribution in [2.45, 2.75) is 27.2 Å². The van der Waals surface area contributed by atoms with Crippen molar-refractivity contribution in [3.05, 3.63) is 83.6 Å². The van der Waals surface area contributed by atoms with Crippen molar-refractivity contribution < 1.29 is 9.59 Å². The molecule has 2 aromatic carbocycles. The maximum absolute atomic E-state index is 12.4. The first-order chi connectivity index (χ1) is 14.4. The van der Waals surface area contributed by atoms with Crippen molar-refractivity contribution in [3.63, 3.8) is 0 Å². The van der Waals surface area contributed by atoms with Crippen molar-refractivity contribution >= 4 is 17.6 Å². The van der Waals surface area contributed by atoms with Gasteiger partial charge in [-0.25, -0.2) is 4.98 Å².